The van der Waals surface area contributed by atoms with Gasteiger partial charge in [-0.25, -0.2) is 9.18 Å². The molecule has 1 amide bonds. The number of carbonyl (C=O) groups is 2. The largest absolute Gasteiger partial charge is 0.480 e. The Morgan fingerprint density at radius 3 is 2.55 bits per heavy atom. The molecule has 0 bridgehead atoms. The fraction of sp³-hybridized carbons (Fsp3) is 0.429. The molecule has 2 unspecified atom stereocenters. The van der Waals surface area contributed by atoms with Crippen molar-refractivity contribution in [2.75, 3.05) is 0 Å². The van der Waals surface area contributed by atoms with E-state index in [2.05, 4.69) is 5.32 Å². The van der Waals surface area contributed by atoms with Gasteiger partial charge in [0, 0.05) is 0 Å². The molecule has 110 valence electrons. The summed E-state index contributed by atoms with van der Waals surface area (Å²) in [5, 5.41) is 11.5. The van der Waals surface area contributed by atoms with Gasteiger partial charge in [0.2, 0.25) is 0 Å². The zero-order valence-electron chi connectivity index (χ0n) is 11.6. The van der Waals surface area contributed by atoms with E-state index in [0.29, 0.717) is 0 Å². The zero-order chi connectivity index (χ0) is 15.3. The summed E-state index contributed by atoms with van der Waals surface area (Å²) < 4.78 is 18.6. The number of halogens is 1. The molecule has 0 radical (unpaired) electrons. The number of para-hydroxylation sites is 1. The Labute approximate surface area is 116 Å². The van der Waals surface area contributed by atoms with E-state index in [1.807, 2.05) is 0 Å². The summed E-state index contributed by atoms with van der Waals surface area (Å²) in [4.78, 5) is 23.0. The Kier molecular flexibility index (Phi) is 5.07. The smallest absolute Gasteiger partial charge is 0.329 e. The third-order valence-electron chi connectivity index (χ3n) is 3.09. The lowest BCUT2D eigenvalue weighted by Gasteiger charge is -2.26. The lowest BCUT2D eigenvalue weighted by atomic mass is 9.99. The third kappa shape index (κ3) is 3.69. The Morgan fingerprint density at radius 2 is 2.05 bits per heavy atom. The molecule has 0 saturated carbocycles. The molecule has 20 heavy (non-hydrogen) atoms. The van der Waals surface area contributed by atoms with Gasteiger partial charge >= 0.3 is 5.97 Å². The lowest BCUT2D eigenvalue weighted by Crippen LogP contribution is -2.54. The van der Waals surface area contributed by atoms with Crippen LogP contribution < -0.4 is 10.1 Å². The maximum absolute atomic E-state index is 13.4. The molecule has 2 N–H and O–H groups in total. The zero-order valence-corrected chi connectivity index (χ0v) is 11.6. The fourth-order valence-corrected chi connectivity index (χ4v) is 1.45. The van der Waals surface area contributed by atoms with Crippen LogP contribution in [0.1, 0.15) is 27.2 Å². The highest BCUT2D eigenvalue weighted by Crippen LogP contribution is 2.17. The molecule has 0 spiro atoms. The molecule has 2 atom stereocenters. The molecule has 0 fully saturated rings. The van der Waals surface area contributed by atoms with E-state index in [1.54, 1.807) is 13.0 Å². The van der Waals surface area contributed by atoms with Crippen LogP contribution in [0.4, 0.5) is 4.39 Å². The van der Waals surface area contributed by atoms with Crippen molar-refractivity contribution in [3.63, 3.8) is 0 Å². The van der Waals surface area contributed by atoms with Crippen molar-refractivity contribution in [2.45, 2.75) is 38.8 Å². The van der Waals surface area contributed by atoms with Crippen molar-refractivity contribution in [2.24, 2.45) is 0 Å². The first-order valence-corrected chi connectivity index (χ1v) is 6.26. The first kappa shape index (κ1) is 15.9. The third-order valence-corrected chi connectivity index (χ3v) is 3.09. The van der Waals surface area contributed by atoms with Gasteiger partial charge in [0.15, 0.2) is 17.7 Å². The molecule has 0 saturated heterocycles. The maximum atomic E-state index is 13.4. The number of aliphatic carboxylic acids is 1. The number of carbonyl (C=O) groups excluding carboxylic acids is 1. The van der Waals surface area contributed by atoms with Gasteiger partial charge in [0.25, 0.3) is 5.91 Å². The highest BCUT2D eigenvalue weighted by atomic mass is 19.1. The van der Waals surface area contributed by atoms with Crippen LogP contribution in [0.5, 0.6) is 5.75 Å². The molecule has 6 heteroatoms. The summed E-state index contributed by atoms with van der Waals surface area (Å²) in [6, 6.07) is 5.70. The SMILES string of the molecule is CCC(C)(NC(=O)C(C)Oc1ccccc1F)C(=O)O. The second-order valence-corrected chi connectivity index (χ2v) is 4.67. The van der Waals surface area contributed by atoms with E-state index in [0.717, 1.165) is 0 Å². The van der Waals surface area contributed by atoms with Crippen molar-refractivity contribution in [3.05, 3.63) is 30.1 Å². The summed E-state index contributed by atoms with van der Waals surface area (Å²) in [5.41, 5.74) is -1.37. The number of amides is 1. The van der Waals surface area contributed by atoms with Gasteiger partial charge in [-0.05, 0) is 32.4 Å². The number of ether oxygens (including phenoxy) is 1. The molecule has 0 aliphatic carbocycles. The van der Waals surface area contributed by atoms with Crippen LogP contribution >= 0.6 is 0 Å². The minimum Gasteiger partial charge on any atom is -0.480 e. The molecule has 1 rings (SSSR count). The van der Waals surface area contributed by atoms with E-state index in [4.69, 9.17) is 9.84 Å². The number of hydrogen-bond donors (Lipinski definition) is 2. The highest BCUT2D eigenvalue weighted by Gasteiger charge is 2.34. The maximum Gasteiger partial charge on any atom is 0.329 e. The monoisotopic (exact) mass is 283 g/mol. The van der Waals surface area contributed by atoms with E-state index < -0.39 is 29.3 Å². The molecular formula is C14H18FNO4. The summed E-state index contributed by atoms with van der Waals surface area (Å²) >= 11 is 0. The number of carboxylic acid groups (broad SMARTS) is 1. The van der Waals surface area contributed by atoms with Crippen molar-refractivity contribution in [1.29, 1.82) is 0 Å². The highest BCUT2D eigenvalue weighted by molar-refractivity contribution is 5.88. The van der Waals surface area contributed by atoms with Crippen LogP contribution in [0.2, 0.25) is 0 Å². The second-order valence-electron chi connectivity index (χ2n) is 4.67. The standard InChI is InChI=1S/C14H18FNO4/c1-4-14(3,13(18)19)16-12(17)9(2)20-11-8-6-5-7-10(11)15/h5-9H,4H2,1-3H3,(H,16,17)(H,18,19). The van der Waals surface area contributed by atoms with Crippen LogP contribution in [0.25, 0.3) is 0 Å². The van der Waals surface area contributed by atoms with Crippen molar-refractivity contribution in [1.82, 2.24) is 5.32 Å². The number of carboxylic acids is 1. The molecule has 1 aromatic carbocycles. The number of benzene rings is 1. The Hall–Kier alpha value is -2.11. The summed E-state index contributed by atoms with van der Waals surface area (Å²) in [6.07, 6.45) is -0.780. The minimum absolute atomic E-state index is 0.0522. The predicted molar refractivity (Wildman–Crippen MR) is 71.0 cm³/mol. The predicted octanol–water partition coefficient (Wildman–Crippen LogP) is 1.96. The van der Waals surface area contributed by atoms with Crippen molar-refractivity contribution < 1.29 is 23.8 Å². The van der Waals surface area contributed by atoms with Crippen molar-refractivity contribution in [3.8, 4) is 5.75 Å². The van der Waals surface area contributed by atoms with Gasteiger partial charge in [0.05, 0.1) is 0 Å². The normalized spacial score (nSPS) is 15.0. The molecule has 5 nitrogen and oxygen atoms in total. The van der Waals surface area contributed by atoms with Crippen LogP contribution in [0.3, 0.4) is 0 Å². The van der Waals surface area contributed by atoms with Gasteiger partial charge in [-0.15, -0.1) is 0 Å². The van der Waals surface area contributed by atoms with Crippen molar-refractivity contribution >= 4 is 11.9 Å². The molecular weight excluding hydrogens is 265 g/mol. The van der Waals surface area contributed by atoms with Crippen LogP contribution in [0.15, 0.2) is 24.3 Å². The Bertz CT molecular complexity index is 506. The van der Waals surface area contributed by atoms with Gasteiger partial charge in [0.1, 0.15) is 5.54 Å². The average molecular weight is 283 g/mol. The van der Waals surface area contributed by atoms with Gasteiger partial charge in [-0.1, -0.05) is 19.1 Å². The Morgan fingerprint density at radius 1 is 1.45 bits per heavy atom. The number of nitrogens with one attached hydrogen (secondary N) is 1. The van der Waals surface area contributed by atoms with Gasteiger partial charge in [-0.3, -0.25) is 4.79 Å². The molecule has 0 aromatic heterocycles. The number of rotatable bonds is 6. The summed E-state index contributed by atoms with van der Waals surface area (Å²) in [7, 11) is 0. The molecule has 0 heterocycles. The lowest BCUT2D eigenvalue weighted by molar-refractivity contribution is -0.148. The van der Waals surface area contributed by atoms with Crippen LogP contribution in [0, 0.1) is 5.82 Å². The van der Waals surface area contributed by atoms with E-state index in [1.165, 1.54) is 32.0 Å². The second kappa shape index (κ2) is 6.36. The first-order chi connectivity index (χ1) is 9.30. The van der Waals surface area contributed by atoms with E-state index >= 15 is 0 Å². The van der Waals surface area contributed by atoms with E-state index in [9.17, 15) is 14.0 Å². The number of hydrogen-bond acceptors (Lipinski definition) is 3. The fourth-order valence-electron chi connectivity index (χ4n) is 1.45. The summed E-state index contributed by atoms with van der Waals surface area (Å²) in [5.74, 6) is -2.38. The molecule has 0 aliphatic heterocycles. The topological polar surface area (TPSA) is 75.6 Å². The average Bonchev–Trinajstić information content (AvgIpc) is 2.40. The quantitative estimate of drug-likeness (QED) is 0.837. The molecule has 1 aromatic rings. The Balaban J connectivity index is 2.73. The van der Waals surface area contributed by atoms with Crippen LogP contribution in [-0.4, -0.2) is 28.6 Å². The molecule has 0 aliphatic rings. The van der Waals surface area contributed by atoms with Gasteiger partial charge in [-0.2, -0.15) is 0 Å². The summed E-state index contributed by atoms with van der Waals surface area (Å²) in [6.45, 7) is 4.49. The minimum atomic E-state index is -1.37. The van der Waals surface area contributed by atoms with Gasteiger partial charge < -0.3 is 15.2 Å². The van der Waals surface area contributed by atoms with E-state index in [-0.39, 0.29) is 12.2 Å². The first-order valence-electron chi connectivity index (χ1n) is 6.26. The van der Waals surface area contributed by atoms with Crippen LogP contribution in [-0.2, 0) is 9.59 Å².